The Balaban J connectivity index is 2.01. The second-order valence-corrected chi connectivity index (χ2v) is 4.62. The van der Waals surface area contributed by atoms with Crippen molar-refractivity contribution in [1.82, 2.24) is 10.3 Å². The largest absolute Gasteiger partial charge is 0.471 e. The first-order valence-corrected chi connectivity index (χ1v) is 6.05. The molecule has 0 bridgehead atoms. The lowest BCUT2D eigenvalue weighted by Gasteiger charge is -2.17. The van der Waals surface area contributed by atoms with Crippen molar-refractivity contribution in [3.63, 3.8) is 0 Å². The van der Waals surface area contributed by atoms with Crippen LogP contribution < -0.4 is 10.1 Å². The summed E-state index contributed by atoms with van der Waals surface area (Å²) in [7, 11) is 0. The van der Waals surface area contributed by atoms with Crippen molar-refractivity contribution in [2.75, 3.05) is 6.61 Å². The van der Waals surface area contributed by atoms with E-state index in [2.05, 4.69) is 15.0 Å². The van der Waals surface area contributed by atoms with Gasteiger partial charge in [-0.15, -0.1) is 0 Å². The van der Waals surface area contributed by atoms with Crippen molar-refractivity contribution in [1.29, 1.82) is 0 Å². The van der Waals surface area contributed by atoms with Crippen LogP contribution >= 0.6 is 0 Å². The molecular weight excluding hydrogens is 283 g/mol. The minimum absolute atomic E-state index is 0.186. The maximum atomic E-state index is 13.1. The Kier molecular flexibility index (Phi) is 4.42. The van der Waals surface area contributed by atoms with E-state index in [1.807, 2.05) is 0 Å². The van der Waals surface area contributed by atoms with Crippen molar-refractivity contribution < 1.29 is 26.7 Å². The van der Waals surface area contributed by atoms with E-state index < -0.39 is 24.8 Å². The molecule has 1 heterocycles. The third-order valence-corrected chi connectivity index (χ3v) is 2.77. The standard InChI is InChI=1S/C12H13F5N2O/c13-8-3-7(4-18-9-1-2-9)10(19-5-8)20-6-12(16,17)11(14)15/h3,5,9,11,18H,1-2,4,6H2. The van der Waals surface area contributed by atoms with Gasteiger partial charge < -0.3 is 10.1 Å². The van der Waals surface area contributed by atoms with Gasteiger partial charge in [0.2, 0.25) is 5.88 Å². The number of aromatic nitrogens is 1. The third kappa shape index (κ3) is 4.03. The Labute approximate surface area is 112 Å². The number of halogens is 5. The van der Waals surface area contributed by atoms with Gasteiger partial charge in [0.05, 0.1) is 6.20 Å². The summed E-state index contributed by atoms with van der Waals surface area (Å²) in [4.78, 5) is 3.52. The first-order chi connectivity index (χ1) is 9.38. The zero-order chi connectivity index (χ0) is 14.8. The maximum absolute atomic E-state index is 13.1. The maximum Gasteiger partial charge on any atom is 0.340 e. The molecule has 1 aromatic heterocycles. The van der Waals surface area contributed by atoms with Gasteiger partial charge in [0, 0.05) is 18.2 Å². The number of ether oxygens (including phenoxy) is 1. The predicted octanol–water partition coefficient (Wildman–Crippen LogP) is 2.75. The lowest BCUT2D eigenvalue weighted by molar-refractivity contribution is -0.148. The van der Waals surface area contributed by atoms with Crippen LogP contribution in [-0.4, -0.2) is 30.0 Å². The molecule has 1 aliphatic carbocycles. The van der Waals surface area contributed by atoms with Crippen molar-refractivity contribution in [2.24, 2.45) is 0 Å². The smallest absolute Gasteiger partial charge is 0.340 e. The number of pyridine rings is 1. The molecule has 8 heteroatoms. The topological polar surface area (TPSA) is 34.1 Å². The van der Waals surface area contributed by atoms with Crippen molar-refractivity contribution >= 4 is 0 Å². The van der Waals surface area contributed by atoms with E-state index in [0.717, 1.165) is 25.1 Å². The Bertz CT molecular complexity index is 465. The third-order valence-electron chi connectivity index (χ3n) is 2.77. The zero-order valence-electron chi connectivity index (χ0n) is 10.4. The molecule has 112 valence electrons. The summed E-state index contributed by atoms with van der Waals surface area (Å²) < 4.78 is 67.3. The molecule has 0 spiro atoms. The van der Waals surface area contributed by atoms with Crippen LogP contribution in [0.1, 0.15) is 18.4 Å². The van der Waals surface area contributed by atoms with Crippen LogP contribution in [0.25, 0.3) is 0 Å². The van der Waals surface area contributed by atoms with Gasteiger partial charge in [-0.1, -0.05) is 0 Å². The summed E-state index contributed by atoms with van der Waals surface area (Å²) in [6, 6.07) is 1.40. The number of rotatable bonds is 7. The molecule has 0 unspecified atom stereocenters. The average Bonchev–Trinajstić information content (AvgIpc) is 3.19. The number of nitrogens with zero attached hydrogens (tertiary/aromatic N) is 1. The fraction of sp³-hybridized carbons (Fsp3) is 0.583. The van der Waals surface area contributed by atoms with Gasteiger partial charge in [-0.2, -0.15) is 8.78 Å². The fourth-order valence-electron chi connectivity index (χ4n) is 1.49. The SMILES string of the molecule is Fc1cnc(OCC(F)(F)C(F)F)c(CNC2CC2)c1. The highest BCUT2D eigenvalue weighted by Gasteiger charge is 2.42. The van der Waals surface area contributed by atoms with Gasteiger partial charge in [0.15, 0.2) is 6.61 Å². The Hall–Kier alpha value is -1.44. The molecule has 1 fully saturated rings. The van der Waals surface area contributed by atoms with Gasteiger partial charge in [0.25, 0.3) is 0 Å². The normalized spacial score (nSPS) is 15.7. The van der Waals surface area contributed by atoms with Crippen molar-refractivity contribution in [3.05, 3.63) is 23.6 Å². The van der Waals surface area contributed by atoms with Crippen LogP contribution in [0.5, 0.6) is 5.88 Å². The van der Waals surface area contributed by atoms with E-state index in [9.17, 15) is 22.0 Å². The predicted molar refractivity (Wildman–Crippen MR) is 60.5 cm³/mol. The van der Waals surface area contributed by atoms with Crippen LogP contribution in [0.4, 0.5) is 22.0 Å². The number of hydrogen-bond donors (Lipinski definition) is 1. The number of hydrogen-bond acceptors (Lipinski definition) is 3. The van der Waals surface area contributed by atoms with Gasteiger partial charge in [-0.05, 0) is 18.9 Å². The lowest BCUT2D eigenvalue weighted by atomic mass is 10.2. The summed E-state index contributed by atoms with van der Waals surface area (Å²) in [5.74, 6) is -5.18. The molecule has 0 radical (unpaired) electrons. The summed E-state index contributed by atoms with van der Waals surface area (Å²) in [5.41, 5.74) is 0.224. The van der Waals surface area contributed by atoms with Gasteiger partial charge in [0.1, 0.15) is 5.82 Å². The lowest BCUT2D eigenvalue weighted by Crippen LogP contribution is -2.34. The molecule has 1 aromatic rings. The van der Waals surface area contributed by atoms with Crippen LogP contribution in [0.3, 0.4) is 0 Å². The highest BCUT2D eigenvalue weighted by Crippen LogP contribution is 2.26. The molecule has 0 amide bonds. The molecule has 20 heavy (non-hydrogen) atoms. The second-order valence-electron chi connectivity index (χ2n) is 4.62. The first kappa shape index (κ1) is 15.0. The molecule has 1 aliphatic rings. The van der Waals surface area contributed by atoms with E-state index in [-0.39, 0.29) is 18.0 Å². The molecule has 0 saturated heterocycles. The monoisotopic (exact) mass is 296 g/mol. The Morgan fingerprint density at radius 3 is 2.70 bits per heavy atom. The molecule has 1 N–H and O–H groups in total. The molecular formula is C12H13F5N2O. The Morgan fingerprint density at radius 1 is 1.40 bits per heavy atom. The van der Waals surface area contributed by atoms with Crippen LogP contribution in [0, 0.1) is 5.82 Å². The number of nitrogens with one attached hydrogen (secondary N) is 1. The second kappa shape index (κ2) is 5.90. The van der Waals surface area contributed by atoms with E-state index in [1.54, 1.807) is 0 Å². The molecule has 0 aliphatic heterocycles. The minimum atomic E-state index is -4.27. The molecule has 0 atom stereocenters. The van der Waals surface area contributed by atoms with Crippen molar-refractivity contribution in [2.45, 2.75) is 37.8 Å². The highest BCUT2D eigenvalue weighted by molar-refractivity contribution is 5.26. The van der Waals surface area contributed by atoms with Crippen LogP contribution in [0.15, 0.2) is 12.3 Å². The quantitative estimate of drug-likeness (QED) is 0.786. The van der Waals surface area contributed by atoms with E-state index in [0.29, 0.717) is 6.04 Å². The average molecular weight is 296 g/mol. The van der Waals surface area contributed by atoms with Gasteiger partial charge >= 0.3 is 12.3 Å². The summed E-state index contributed by atoms with van der Waals surface area (Å²) in [5, 5.41) is 3.04. The van der Waals surface area contributed by atoms with Gasteiger partial charge in [-0.3, -0.25) is 0 Å². The molecule has 2 rings (SSSR count). The summed E-state index contributed by atoms with van der Waals surface area (Å²) >= 11 is 0. The van der Waals surface area contributed by atoms with Crippen molar-refractivity contribution in [3.8, 4) is 5.88 Å². The van der Waals surface area contributed by atoms with Crippen LogP contribution in [0.2, 0.25) is 0 Å². The van der Waals surface area contributed by atoms with E-state index in [4.69, 9.17) is 0 Å². The summed E-state index contributed by atoms with van der Waals surface area (Å²) in [6.45, 7) is -1.31. The molecule has 1 saturated carbocycles. The van der Waals surface area contributed by atoms with Crippen LogP contribution in [-0.2, 0) is 6.54 Å². The van der Waals surface area contributed by atoms with Gasteiger partial charge in [-0.25, -0.2) is 18.2 Å². The zero-order valence-corrected chi connectivity index (χ0v) is 10.4. The molecule has 3 nitrogen and oxygen atoms in total. The fourth-order valence-corrected chi connectivity index (χ4v) is 1.49. The molecule has 0 aromatic carbocycles. The van der Waals surface area contributed by atoms with E-state index in [1.165, 1.54) is 0 Å². The highest BCUT2D eigenvalue weighted by atomic mass is 19.3. The number of alkyl halides is 4. The first-order valence-electron chi connectivity index (χ1n) is 6.05. The minimum Gasteiger partial charge on any atom is -0.471 e. The summed E-state index contributed by atoms with van der Waals surface area (Å²) in [6.07, 6.45) is -1.06. The Morgan fingerprint density at radius 2 is 2.10 bits per heavy atom. The van der Waals surface area contributed by atoms with E-state index >= 15 is 0 Å².